The molecule has 1 aromatic carbocycles. The molecule has 3 aromatic rings. The van der Waals surface area contributed by atoms with E-state index in [2.05, 4.69) is 63.0 Å². The van der Waals surface area contributed by atoms with E-state index in [1.54, 1.807) is 6.08 Å². The molecular weight excluding hydrogens is 334 g/mol. The smallest absolute Gasteiger partial charge is 0.156 e. The molecule has 27 heavy (non-hydrogen) atoms. The zero-order valence-electron chi connectivity index (χ0n) is 16.5. The summed E-state index contributed by atoms with van der Waals surface area (Å²) in [5.74, 6) is 3.73. The van der Waals surface area contributed by atoms with Crippen LogP contribution in [0.4, 0.5) is 11.5 Å². The van der Waals surface area contributed by atoms with Gasteiger partial charge in [-0.15, -0.1) is 0 Å². The number of allylic oxidation sites excluding steroid dienone is 1. The van der Waals surface area contributed by atoms with Crippen molar-refractivity contribution < 1.29 is 4.42 Å². The van der Waals surface area contributed by atoms with Gasteiger partial charge in [-0.2, -0.15) is 0 Å². The average molecular weight is 361 g/mol. The Balaban J connectivity index is 2.08. The molecule has 140 valence electrons. The van der Waals surface area contributed by atoms with Crippen LogP contribution in [0.5, 0.6) is 0 Å². The van der Waals surface area contributed by atoms with Gasteiger partial charge in [0.05, 0.1) is 0 Å². The van der Waals surface area contributed by atoms with Crippen LogP contribution in [0.25, 0.3) is 23.7 Å². The Morgan fingerprint density at radius 1 is 1.19 bits per heavy atom. The summed E-state index contributed by atoms with van der Waals surface area (Å²) in [6.45, 7) is 12.3. The van der Waals surface area contributed by atoms with Crippen molar-refractivity contribution >= 4 is 23.8 Å². The highest BCUT2D eigenvalue weighted by atomic mass is 16.3. The Hall–Kier alpha value is -3.01. The molecule has 2 heterocycles. The maximum absolute atomic E-state index is 5.84. The van der Waals surface area contributed by atoms with Crippen LogP contribution >= 0.6 is 0 Å². The molecule has 0 aliphatic heterocycles. The molecule has 1 N–H and O–H groups in total. The number of hydrogen-bond acceptors (Lipinski definition) is 3. The number of nitrogens with zero attached hydrogens (tertiary/aromatic N) is 2. The number of imidazole rings is 1. The van der Waals surface area contributed by atoms with Gasteiger partial charge < -0.3 is 9.73 Å². The van der Waals surface area contributed by atoms with Gasteiger partial charge >= 0.3 is 0 Å². The fraction of sp³-hybridized carbons (Fsp3) is 0.261. The van der Waals surface area contributed by atoms with Gasteiger partial charge in [-0.1, -0.05) is 45.6 Å². The summed E-state index contributed by atoms with van der Waals surface area (Å²) < 4.78 is 7.86. The number of aromatic nitrogens is 2. The first kappa shape index (κ1) is 18.8. The second kappa shape index (κ2) is 8.12. The van der Waals surface area contributed by atoms with E-state index in [1.807, 2.05) is 29.8 Å². The van der Waals surface area contributed by atoms with Crippen LogP contribution in [0, 0.1) is 6.92 Å². The topological polar surface area (TPSA) is 43.0 Å². The Kier molecular flexibility index (Phi) is 5.65. The van der Waals surface area contributed by atoms with Crippen molar-refractivity contribution in [2.24, 2.45) is 0 Å². The number of aryl methyl sites for hydroxylation is 1. The third-order valence-electron chi connectivity index (χ3n) is 4.42. The van der Waals surface area contributed by atoms with Gasteiger partial charge in [0.2, 0.25) is 0 Å². The number of nitrogens with one attached hydrogen (secondary N) is 1. The minimum Gasteiger partial charge on any atom is -0.460 e. The predicted molar refractivity (Wildman–Crippen MR) is 114 cm³/mol. The molecule has 0 aliphatic carbocycles. The van der Waals surface area contributed by atoms with Crippen LogP contribution in [0.3, 0.4) is 0 Å². The number of rotatable bonds is 7. The van der Waals surface area contributed by atoms with E-state index in [4.69, 9.17) is 9.40 Å². The highest BCUT2D eigenvalue weighted by molar-refractivity contribution is 5.77. The van der Waals surface area contributed by atoms with Gasteiger partial charge in [-0.05, 0) is 55.2 Å². The van der Waals surface area contributed by atoms with Crippen LogP contribution in [0.2, 0.25) is 0 Å². The quantitative estimate of drug-likeness (QED) is 0.501. The molecule has 2 aromatic heterocycles. The van der Waals surface area contributed by atoms with Crippen LogP contribution in [0.15, 0.2) is 53.5 Å². The van der Waals surface area contributed by atoms with Crippen LogP contribution in [-0.2, 0) is 0 Å². The molecular formula is C23H27N3O. The minimum absolute atomic E-state index is 0.506. The molecule has 0 bridgehead atoms. The Morgan fingerprint density at radius 3 is 2.48 bits per heavy atom. The van der Waals surface area contributed by atoms with Gasteiger partial charge in [0, 0.05) is 11.9 Å². The third-order valence-corrected chi connectivity index (χ3v) is 4.42. The van der Waals surface area contributed by atoms with Crippen molar-refractivity contribution in [3.63, 3.8) is 0 Å². The van der Waals surface area contributed by atoms with Crippen molar-refractivity contribution in [1.29, 1.82) is 0 Å². The average Bonchev–Trinajstić information content (AvgIpc) is 3.24. The highest BCUT2D eigenvalue weighted by Gasteiger charge is 2.19. The van der Waals surface area contributed by atoms with Gasteiger partial charge in [-0.3, -0.25) is 4.57 Å². The van der Waals surface area contributed by atoms with Crippen LogP contribution in [-0.4, -0.2) is 9.55 Å². The first-order chi connectivity index (χ1) is 13.0. The van der Waals surface area contributed by atoms with E-state index < -0.39 is 0 Å². The van der Waals surface area contributed by atoms with Crippen molar-refractivity contribution in [2.75, 3.05) is 5.32 Å². The summed E-state index contributed by atoms with van der Waals surface area (Å²) in [6, 6.07) is 12.4. The van der Waals surface area contributed by atoms with E-state index in [0.717, 1.165) is 41.0 Å². The van der Waals surface area contributed by atoms with E-state index in [1.165, 1.54) is 5.56 Å². The van der Waals surface area contributed by atoms with Gasteiger partial charge in [0.1, 0.15) is 23.1 Å². The molecule has 0 atom stereocenters. The number of anilines is 2. The second-order valence-electron chi connectivity index (χ2n) is 6.85. The molecule has 0 unspecified atom stereocenters. The lowest BCUT2D eigenvalue weighted by atomic mass is 10.0. The summed E-state index contributed by atoms with van der Waals surface area (Å²) in [6.07, 6.45) is 6.81. The Morgan fingerprint density at radius 2 is 1.93 bits per heavy atom. The lowest BCUT2D eigenvalue weighted by molar-refractivity contribution is 0.547. The molecule has 4 heteroatoms. The molecule has 0 saturated heterocycles. The summed E-state index contributed by atoms with van der Waals surface area (Å²) in [5.41, 5.74) is 3.09. The number of hydrogen-bond donors (Lipinski definition) is 1. The van der Waals surface area contributed by atoms with Gasteiger partial charge in [-0.25, -0.2) is 4.98 Å². The molecule has 0 spiro atoms. The van der Waals surface area contributed by atoms with Crippen LogP contribution < -0.4 is 5.32 Å². The van der Waals surface area contributed by atoms with E-state index >= 15 is 0 Å². The standard InChI is InChI=1S/C23H27N3O/c1-6-8-15-26-21(7-2)25-22(20-14-9-17(5)27-20)23(26)24-19-12-10-18(11-13-19)16(3)4/h7-16,24H,2,6H2,1,3-5H3. The fourth-order valence-electron chi connectivity index (χ4n) is 2.90. The monoisotopic (exact) mass is 361 g/mol. The lowest BCUT2D eigenvalue weighted by Gasteiger charge is -2.12. The zero-order chi connectivity index (χ0) is 19.4. The Bertz CT molecular complexity index is 943. The summed E-state index contributed by atoms with van der Waals surface area (Å²) in [7, 11) is 0. The first-order valence-electron chi connectivity index (χ1n) is 9.38. The molecule has 0 amide bonds. The summed E-state index contributed by atoms with van der Waals surface area (Å²) >= 11 is 0. The number of furan rings is 1. The summed E-state index contributed by atoms with van der Waals surface area (Å²) in [4.78, 5) is 4.74. The van der Waals surface area contributed by atoms with E-state index in [9.17, 15) is 0 Å². The normalized spacial score (nSPS) is 11.4. The van der Waals surface area contributed by atoms with Crippen molar-refractivity contribution in [2.45, 2.75) is 40.0 Å². The first-order valence-corrected chi connectivity index (χ1v) is 9.38. The zero-order valence-corrected chi connectivity index (χ0v) is 16.5. The molecule has 0 fully saturated rings. The number of benzene rings is 1. The molecule has 0 radical (unpaired) electrons. The van der Waals surface area contributed by atoms with Crippen molar-refractivity contribution in [3.05, 3.63) is 66.2 Å². The minimum atomic E-state index is 0.506. The van der Waals surface area contributed by atoms with Gasteiger partial charge in [0.15, 0.2) is 5.76 Å². The lowest BCUT2D eigenvalue weighted by Crippen LogP contribution is -2.00. The molecule has 0 aliphatic rings. The summed E-state index contributed by atoms with van der Waals surface area (Å²) in [5, 5.41) is 3.52. The SMILES string of the molecule is C=Cc1nc(-c2ccc(C)o2)c(Nc2ccc(C(C)C)cc2)n1C=CCC. The predicted octanol–water partition coefficient (Wildman–Crippen LogP) is 6.84. The maximum atomic E-state index is 5.84. The largest absolute Gasteiger partial charge is 0.460 e. The van der Waals surface area contributed by atoms with Crippen LogP contribution in [0.1, 0.15) is 50.3 Å². The maximum Gasteiger partial charge on any atom is 0.156 e. The third kappa shape index (κ3) is 4.05. The van der Waals surface area contributed by atoms with Crippen molar-refractivity contribution in [1.82, 2.24) is 9.55 Å². The fourth-order valence-corrected chi connectivity index (χ4v) is 2.90. The van der Waals surface area contributed by atoms with Gasteiger partial charge in [0.25, 0.3) is 0 Å². The Labute approximate surface area is 161 Å². The van der Waals surface area contributed by atoms with E-state index in [-0.39, 0.29) is 0 Å². The second-order valence-corrected chi connectivity index (χ2v) is 6.85. The van der Waals surface area contributed by atoms with E-state index in [0.29, 0.717) is 5.92 Å². The van der Waals surface area contributed by atoms with Crippen molar-refractivity contribution in [3.8, 4) is 11.5 Å². The molecule has 3 rings (SSSR count). The molecule has 4 nitrogen and oxygen atoms in total. The highest BCUT2D eigenvalue weighted by Crippen LogP contribution is 2.33. The molecule has 0 saturated carbocycles.